The maximum atomic E-state index is 11.8. The first-order valence-corrected chi connectivity index (χ1v) is 10.7. The standard InChI is InChI=1S/C22H23ClN8O2/c1-12(2)26-19(32)11-33-18-7-4-13(8-14(18)9-24)21-28-22(31(3)30-21)27-17-6-5-16-15(20(17)23)10-25-29-16/h4-8,10,12,21,30H,11H2,1-3H3,(H,25,29)(H,26,32)(H,27,28). The van der Waals surface area contributed by atoms with E-state index in [1.54, 1.807) is 29.4 Å². The molecule has 0 bridgehead atoms. The van der Waals surface area contributed by atoms with Gasteiger partial charge in [-0.25, -0.2) is 10.4 Å². The van der Waals surface area contributed by atoms with Crippen LogP contribution in [0.1, 0.15) is 31.1 Å². The van der Waals surface area contributed by atoms with Gasteiger partial charge in [0.2, 0.25) is 5.96 Å². The van der Waals surface area contributed by atoms with Crippen LogP contribution in [0.15, 0.2) is 41.5 Å². The number of nitriles is 1. The van der Waals surface area contributed by atoms with E-state index in [2.05, 4.69) is 37.3 Å². The molecule has 3 aromatic rings. The van der Waals surface area contributed by atoms with Gasteiger partial charge in [-0.3, -0.25) is 14.9 Å². The van der Waals surface area contributed by atoms with Crippen LogP contribution in [0.2, 0.25) is 5.02 Å². The van der Waals surface area contributed by atoms with Crippen molar-refractivity contribution in [3.05, 3.63) is 52.7 Å². The van der Waals surface area contributed by atoms with Crippen molar-refractivity contribution in [2.24, 2.45) is 4.99 Å². The number of nitrogens with one attached hydrogen (secondary N) is 4. The summed E-state index contributed by atoms with van der Waals surface area (Å²) in [5, 5.41) is 25.5. The molecule has 0 saturated carbocycles. The molecule has 1 aliphatic rings. The molecular weight excluding hydrogens is 444 g/mol. The molecule has 4 N–H and O–H groups in total. The van der Waals surface area contributed by atoms with E-state index in [0.29, 0.717) is 28.0 Å². The summed E-state index contributed by atoms with van der Waals surface area (Å²) in [6.07, 6.45) is 1.25. The van der Waals surface area contributed by atoms with E-state index in [1.807, 2.05) is 33.0 Å². The molecule has 0 spiro atoms. The summed E-state index contributed by atoms with van der Waals surface area (Å²) >= 11 is 6.50. The van der Waals surface area contributed by atoms with E-state index in [4.69, 9.17) is 16.3 Å². The highest BCUT2D eigenvalue weighted by Gasteiger charge is 2.25. The minimum Gasteiger partial charge on any atom is -0.482 e. The first-order chi connectivity index (χ1) is 15.9. The van der Waals surface area contributed by atoms with E-state index < -0.39 is 6.17 Å². The number of guanidine groups is 1. The Bertz CT molecular complexity index is 1260. The Morgan fingerprint density at radius 2 is 2.18 bits per heavy atom. The number of rotatable bonds is 6. The molecule has 0 fully saturated rings. The molecule has 1 amide bonds. The number of aromatic amines is 1. The summed E-state index contributed by atoms with van der Waals surface area (Å²) in [4.78, 5) is 16.5. The van der Waals surface area contributed by atoms with E-state index in [0.717, 1.165) is 16.5 Å². The highest BCUT2D eigenvalue weighted by molar-refractivity contribution is 6.38. The third kappa shape index (κ3) is 4.84. The first-order valence-electron chi connectivity index (χ1n) is 10.3. The number of hydrogen-bond acceptors (Lipinski definition) is 8. The highest BCUT2D eigenvalue weighted by atomic mass is 35.5. The largest absolute Gasteiger partial charge is 0.482 e. The Morgan fingerprint density at radius 1 is 1.36 bits per heavy atom. The number of aromatic nitrogens is 2. The normalized spacial score (nSPS) is 15.5. The fourth-order valence-electron chi connectivity index (χ4n) is 3.39. The molecule has 1 aromatic heterocycles. The summed E-state index contributed by atoms with van der Waals surface area (Å²) in [5.41, 5.74) is 5.85. The van der Waals surface area contributed by atoms with Gasteiger partial charge in [0.15, 0.2) is 6.61 Å². The fraction of sp³-hybridized carbons (Fsp3) is 0.273. The number of halogens is 1. The third-order valence-corrected chi connectivity index (χ3v) is 5.35. The highest BCUT2D eigenvalue weighted by Crippen LogP contribution is 2.31. The predicted molar refractivity (Wildman–Crippen MR) is 126 cm³/mol. The van der Waals surface area contributed by atoms with Crippen molar-refractivity contribution in [3.63, 3.8) is 0 Å². The van der Waals surface area contributed by atoms with Gasteiger partial charge in [0.25, 0.3) is 5.91 Å². The average molecular weight is 467 g/mol. The van der Waals surface area contributed by atoms with Crippen LogP contribution in [0.3, 0.4) is 0 Å². The number of H-pyrrole nitrogens is 1. The third-order valence-electron chi connectivity index (χ3n) is 4.94. The van der Waals surface area contributed by atoms with Crippen LogP contribution in [-0.2, 0) is 4.79 Å². The number of hydrogen-bond donors (Lipinski definition) is 4. The minimum atomic E-state index is -0.417. The zero-order valence-electron chi connectivity index (χ0n) is 18.3. The van der Waals surface area contributed by atoms with Gasteiger partial charge in [0.05, 0.1) is 28.0 Å². The van der Waals surface area contributed by atoms with E-state index in [-0.39, 0.29) is 18.6 Å². The Labute approximate surface area is 195 Å². The molecule has 1 unspecified atom stereocenters. The second-order valence-electron chi connectivity index (χ2n) is 7.80. The van der Waals surface area contributed by atoms with Gasteiger partial charge in [-0.1, -0.05) is 17.7 Å². The van der Waals surface area contributed by atoms with Crippen molar-refractivity contribution in [1.29, 1.82) is 5.26 Å². The smallest absolute Gasteiger partial charge is 0.258 e. The fourth-order valence-corrected chi connectivity index (χ4v) is 3.65. The van der Waals surface area contributed by atoms with E-state index in [1.165, 1.54) is 0 Å². The molecule has 4 rings (SSSR count). The number of anilines is 1. The molecule has 10 nitrogen and oxygen atoms in total. The van der Waals surface area contributed by atoms with Crippen molar-refractivity contribution in [3.8, 4) is 11.8 Å². The number of carbonyl (C=O) groups is 1. The molecule has 1 aliphatic heterocycles. The van der Waals surface area contributed by atoms with Gasteiger partial charge in [0, 0.05) is 18.5 Å². The summed E-state index contributed by atoms with van der Waals surface area (Å²) in [7, 11) is 1.83. The number of aliphatic imine (C=N–C) groups is 1. The number of carbonyl (C=O) groups excluding carboxylic acids is 1. The van der Waals surface area contributed by atoms with E-state index >= 15 is 0 Å². The van der Waals surface area contributed by atoms with Crippen molar-refractivity contribution in [1.82, 2.24) is 25.9 Å². The van der Waals surface area contributed by atoms with Gasteiger partial charge in [0.1, 0.15) is 18.0 Å². The van der Waals surface area contributed by atoms with Crippen LogP contribution in [0.4, 0.5) is 5.69 Å². The Hall–Kier alpha value is -3.81. The number of ether oxygens (including phenoxy) is 1. The van der Waals surface area contributed by atoms with Gasteiger partial charge < -0.3 is 15.4 Å². The molecule has 0 saturated heterocycles. The summed E-state index contributed by atoms with van der Waals surface area (Å²) < 4.78 is 5.54. The van der Waals surface area contributed by atoms with E-state index in [9.17, 15) is 10.1 Å². The van der Waals surface area contributed by atoms with Gasteiger partial charge >= 0.3 is 0 Å². The lowest BCUT2D eigenvalue weighted by Gasteiger charge is -2.17. The zero-order valence-corrected chi connectivity index (χ0v) is 19.1. The van der Waals surface area contributed by atoms with Crippen LogP contribution in [-0.4, -0.2) is 46.8 Å². The number of fused-ring (bicyclic) bond motifs is 1. The first kappa shape index (κ1) is 22.4. The SMILES string of the molecule is CC(C)NC(=O)COc1ccc(C2N=C(Nc3ccc4[nH]ncc4c3Cl)N(C)N2)cc1C#N. The lowest BCUT2D eigenvalue weighted by Crippen LogP contribution is -2.37. The lowest BCUT2D eigenvalue weighted by atomic mass is 10.1. The number of benzene rings is 2. The van der Waals surface area contributed by atoms with Crippen LogP contribution >= 0.6 is 11.6 Å². The minimum absolute atomic E-state index is 0.0153. The average Bonchev–Trinajstić information content (AvgIpc) is 3.41. The molecule has 11 heteroatoms. The summed E-state index contributed by atoms with van der Waals surface area (Å²) in [6.45, 7) is 3.57. The van der Waals surface area contributed by atoms with Gasteiger partial charge in [-0.2, -0.15) is 10.4 Å². The van der Waals surface area contributed by atoms with Crippen molar-refractivity contribution >= 4 is 40.1 Å². The number of nitrogens with zero attached hydrogens (tertiary/aromatic N) is 4. The molecule has 170 valence electrons. The monoisotopic (exact) mass is 466 g/mol. The van der Waals surface area contributed by atoms with Crippen LogP contribution in [0, 0.1) is 11.3 Å². The van der Waals surface area contributed by atoms with Gasteiger partial charge in [-0.15, -0.1) is 0 Å². The van der Waals surface area contributed by atoms with Crippen molar-refractivity contribution < 1.29 is 9.53 Å². The maximum absolute atomic E-state index is 11.8. The van der Waals surface area contributed by atoms with Crippen LogP contribution in [0.25, 0.3) is 10.9 Å². The second-order valence-corrected chi connectivity index (χ2v) is 8.18. The molecule has 33 heavy (non-hydrogen) atoms. The second kappa shape index (κ2) is 9.36. The number of hydrazine groups is 1. The summed E-state index contributed by atoms with van der Waals surface area (Å²) in [5.74, 6) is 0.660. The molecule has 2 aromatic carbocycles. The lowest BCUT2D eigenvalue weighted by molar-refractivity contribution is -0.123. The van der Waals surface area contributed by atoms with Crippen molar-refractivity contribution in [2.45, 2.75) is 26.1 Å². The quantitative estimate of drug-likeness (QED) is 0.439. The summed E-state index contributed by atoms with van der Waals surface area (Å²) in [6, 6.07) is 11.0. The van der Waals surface area contributed by atoms with Gasteiger partial charge in [-0.05, 0) is 43.7 Å². The number of amides is 1. The van der Waals surface area contributed by atoms with Crippen LogP contribution < -0.4 is 20.8 Å². The molecule has 0 radical (unpaired) electrons. The Kier molecular flexibility index (Phi) is 6.35. The maximum Gasteiger partial charge on any atom is 0.258 e. The molecule has 2 heterocycles. The zero-order chi connectivity index (χ0) is 23.5. The molecule has 1 atom stereocenters. The Balaban J connectivity index is 1.50. The topological polar surface area (TPSA) is 130 Å². The van der Waals surface area contributed by atoms with Crippen LogP contribution in [0.5, 0.6) is 5.75 Å². The predicted octanol–water partition coefficient (Wildman–Crippen LogP) is 2.91. The van der Waals surface area contributed by atoms with Crippen molar-refractivity contribution in [2.75, 3.05) is 19.0 Å². The molecular formula is C22H23ClN8O2. The Morgan fingerprint density at radius 3 is 2.94 bits per heavy atom. The molecule has 0 aliphatic carbocycles.